The molecule has 0 saturated carbocycles. The number of nitrogens with one attached hydrogen (secondary N) is 1. The van der Waals surface area contributed by atoms with E-state index >= 15 is 0 Å². The van der Waals surface area contributed by atoms with E-state index in [9.17, 15) is 13.2 Å². The summed E-state index contributed by atoms with van der Waals surface area (Å²) in [5.74, 6) is -0.613. The Labute approximate surface area is 201 Å². The Morgan fingerprint density at radius 2 is 2.03 bits per heavy atom. The molecule has 4 rings (SSSR count). The largest absolute Gasteiger partial charge is 0.355 e. The van der Waals surface area contributed by atoms with Gasteiger partial charge in [0.05, 0.1) is 10.6 Å². The van der Waals surface area contributed by atoms with E-state index in [1.54, 1.807) is 12.3 Å². The minimum absolute atomic E-state index is 0.0549. The van der Waals surface area contributed by atoms with Gasteiger partial charge in [0.25, 0.3) is 5.91 Å². The SMILES string of the molecule is CCc1cc(C)cc(C)c1NC(=O)c1sccc1S(=O)(=O)C1(c2onc(C)c2Cl)C=CC=N1. The van der Waals surface area contributed by atoms with Gasteiger partial charge in [-0.15, -0.1) is 11.3 Å². The van der Waals surface area contributed by atoms with Crippen molar-refractivity contribution in [2.75, 3.05) is 5.32 Å². The minimum Gasteiger partial charge on any atom is -0.355 e. The Morgan fingerprint density at radius 3 is 2.64 bits per heavy atom. The number of hydrogen-bond acceptors (Lipinski definition) is 7. The van der Waals surface area contributed by atoms with Crippen LogP contribution in [0.1, 0.15) is 44.7 Å². The lowest BCUT2D eigenvalue weighted by molar-refractivity contribution is 0.102. The fraction of sp³-hybridized carbons (Fsp3) is 0.261. The van der Waals surface area contributed by atoms with Gasteiger partial charge in [-0.3, -0.25) is 9.79 Å². The first-order valence-corrected chi connectivity index (χ1v) is 13.0. The predicted molar refractivity (Wildman–Crippen MR) is 130 cm³/mol. The number of carbonyl (C=O) groups is 1. The Bertz CT molecular complexity index is 1410. The third kappa shape index (κ3) is 3.74. The molecule has 1 amide bonds. The van der Waals surface area contributed by atoms with Gasteiger partial charge < -0.3 is 9.84 Å². The number of benzene rings is 1. The maximum absolute atomic E-state index is 13.9. The molecule has 172 valence electrons. The van der Waals surface area contributed by atoms with E-state index in [4.69, 9.17) is 16.1 Å². The molecule has 0 fully saturated rings. The van der Waals surface area contributed by atoms with Gasteiger partial charge in [-0.05, 0) is 61.9 Å². The van der Waals surface area contributed by atoms with Crippen molar-refractivity contribution in [3.8, 4) is 0 Å². The standard InChI is InChI=1S/C23H22ClN3O4S2/c1-5-16-12-13(2)11-14(3)19(16)26-22(28)20-17(7-10-32-20)33(29,30)23(8-6-9-25-23)21-18(24)15(4)27-31-21/h6-12H,5H2,1-4H3,(H,26,28). The molecule has 0 bridgehead atoms. The van der Waals surface area contributed by atoms with Crippen LogP contribution in [0.5, 0.6) is 0 Å². The molecule has 2 aromatic heterocycles. The van der Waals surface area contributed by atoms with Gasteiger partial charge in [-0.25, -0.2) is 8.42 Å². The van der Waals surface area contributed by atoms with E-state index < -0.39 is 20.6 Å². The third-order valence-corrected chi connectivity index (χ3v) is 9.16. The molecule has 3 aromatic rings. The average molecular weight is 504 g/mol. The number of amides is 1. The van der Waals surface area contributed by atoms with Crippen LogP contribution in [-0.4, -0.2) is 25.7 Å². The highest BCUT2D eigenvalue weighted by Gasteiger charge is 2.52. The first-order chi connectivity index (χ1) is 15.6. The maximum atomic E-state index is 13.9. The van der Waals surface area contributed by atoms with Gasteiger partial charge in [0.2, 0.25) is 20.5 Å². The fourth-order valence-corrected chi connectivity index (χ4v) is 7.16. The number of rotatable bonds is 6. The van der Waals surface area contributed by atoms with Crippen molar-refractivity contribution in [2.45, 2.75) is 43.9 Å². The summed E-state index contributed by atoms with van der Waals surface area (Å²) in [6.45, 7) is 7.52. The van der Waals surface area contributed by atoms with Crippen molar-refractivity contribution in [1.29, 1.82) is 0 Å². The molecule has 0 saturated heterocycles. The Kier molecular flexibility index (Phi) is 6.07. The van der Waals surface area contributed by atoms with Gasteiger partial charge in [-0.2, -0.15) is 0 Å². The van der Waals surface area contributed by atoms with Crippen LogP contribution in [0.3, 0.4) is 0 Å². The first kappa shape index (κ1) is 23.4. The molecule has 3 heterocycles. The molecule has 1 aromatic carbocycles. The van der Waals surface area contributed by atoms with Gasteiger partial charge in [0.15, 0.2) is 0 Å². The van der Waals surface area contributed by atoms with Crippen LogP contribution >= 0.6 is 22.9 Å². The van der Waals surface area contributed by atoms with Crippen LogP contribution in [0.2, 0.25) is 5.02 Å². The topological polar surface area (TPSA) is 102 Å². The normalized spacial score (nSPS) is 17.6. The zero-order chi connectivity index (χ0) is 24.0. The summed E-state index contributed by atoms with van der Waals surface area (Å²) in [6.07, 6.45) is 4.97. The van der Waals surface area contributed by atoms with E-state index in [1.165, 1.54) is 24.4 Å². The number of sulfone groups is 1. The molecule has 33 heavy (non-hydrogen) atoms. The van der Waals surface area contributed by atoms with Crippen molar-refractivity contribution in [2.24, 2.45) is 4.99 Å². The van der Waals surface area contributed by atoms with Crippen molar-refractivity contribution >= 4 is 50.6 Å². The lowest BCUT2D eigenvalue weighted by atomic mass is 10.0. The fourth-order valence-electron chi connectivity index (χ4n) is 3.89. The number of nitrogens with zero attached hydrogens (tertiary/aromatic N) is 2. The molecule has 1 aliphatic rings. The smallest absolute Gasteiger partial charge is 0.267 e. The number of hydrogen-bond donors (Lipinski definition) is 1. The first-order valence-electron chi connectivity index (χ1n) is 10.2. The summed E-state index contributed by atoms with van der Waals surface area (Å²) in [6, 6.07) is 5.39. The number of halogens is 1. The number of aliphatic imine (C=N–C) groups is 1. The number of thiophene rings is 1. The quantitative estimate of drug-likeness (QED) is 0.485. The zero-order valence-corrected chi connectivity index (χ0v) is 20.9. The predicted octanol–water partition coefficient (Wildman–Crippen LogP) is 5.40. The Morgan fingerprint density at radius 1 is 1.27 bits per heavy atom. The number of allylic oxidation sites excluding steroid dienone is 1. The highest BCUT2D eigenvalue weighted by atomic mass is 35.5. The summed E-state index contributed by atoms with van der Waals surface area (Å²) in [5, 5.41) is 8.35. The second-order valence-corrected chi connectivity index (χ2v) is 11.1. The van der Waals surface area contributed by atoms with Crippen molar-refractivity contribution in [1.82, 2.24) is 5.16 Å². The van der Waals surface area contributed by atoms with Crippen LogP contribution in [0.15, 0.2) is 50.1 Å². The minimum atomic E-state index is -4.27. The second-order valence-electron chi connectivity index (χ2n) is 7.79. The zero-order valence-electron chi connectivity index (χ0n) is 18.5. The summed E-state index contributed by atoms with van der Waals surface area (Å²) in [4.78, 5) is 15.5. The summed E-state index contributed by atoms with van der Waals surface area (Å²) in [5.41, 5.74) is 4.01. The second kappa shape index (κ2) is 8.55. The highest BCUT2D eigenvalue weighted by molar-refractivity contribution is 7.92. The summed E-state index contributed by atoms with van der Waals surface area (Å²) < 4.78 is 33.1. The highest BCUT2D eigenvalue weighted by Crippen LogP contribution is 2.45. The molecule has 0 radical (unpaired) electrons. The monoisotopic (exact) mass is 503 g/mol. The molecular weight excluding hydrogens is 482 g/mol. The average Bonchev–Trinajstić information content (AvgIpc) is 3.51. The van der Waals surface area contributed by atoms with Crippen molar-refractivity contribution in [3.63, 3.8) is 0 Å². The molecule has 7 nitrogen and oxygen atoms in total. The lowest BCUT2D eigenvalue weighted by Crippen LogP contribution is -2.32. The van der Waals surface area contributed by atoms with Gasteiger partial charge in [0.1, 0.15) is 9.90 Å². The van der Waals surface area contributed by atoms with Crippen LogP contribution < -0.4 is 5.32 Å². The molecule has 1 atom stereocenters. The van der Waals surface area contributed by atoms with Crippen LogP contribution in [0.25, 0.3) is 0 Å². The van der Waals surface area contributed by atoms with Crippen LogP contribution in [0, 0.1) is 20.8 Å². The number of aryl methyl sites for hydroxylation is 4. The molecule has 10 heteroatoms. The lowest BCUT2D eigenvalue weighted by Gasteiger charge is -2.22. The van der Waals surface area contributed by atoms with E-state index in [-0.39, 0.29) is 20.6 Å². The van der Waals surface area contributed by atoms with Crippen molar-refractivity contribution < 1.29 is 17.7 Å². The third-order valence-electron chi connectivity index (χ3n) is 5.51. The van der Waals surface area contributed by atoms with Gasteiger partial charge >= 0.3 is 0 Å². The van der Waals surface area contributed by atoms with Gasteiger partial charge in [0, 0.05) is 11.9 Å². The maximum Gasteiger partial charge on any atom is 0.267 e. The Balaban J connectivity index is 1.79. The molecule has 1 aliphatic heterocycles. The molecular formula is C23H22ClN3O4S2. The van der Waals surface area contributed by atoms with Crippen LogP contribution in [0.4, 0.5) is 5.69 Å². The van der Waals surface area contributed by atoms with Crippen molar-refractivity contribution in [3.05, 3.63) is 73.8 Å². The van der Waals surface area contributed by atoms with Gasteiger partial charge in [-0.1, -0.05) is 41.4 Å². The van der Waals surface area contributed by atoms with Crippen LogP contribution in [-0.2, 0) is 21.1 Å². The van der Waals surface area contributed by atoms with E-state index in [2.05, 4.69) is 15.5 Å². The number of aromatic nitrogens is 1. The van der Waals surface area contributed by atoms with E-state index in [1.807, 2.05) is 32.9 Å². The summed E-state index contributed by atoms with van der Waals surface area (Å²) in [7, 11) is -4.27. The number of anilines is 1. The molecule has 1 N–H and O–H groups in total. The summed E-state index contributed by atoms with van der Waals surface area (Å²) >= 11 is 7.36. The molecule has 0 aliphatic carbocycles. The van der Waals surface area contributed by atoms with E-state index in [0.29, 0.717) is 11.4 Å². The van der Waals surface area contributed by atoms with E-state index in [0.717, 1.165) is 34.4 Å². The molecule has 0 spiro atoms. The Hall–Kier alpha value is -2.75. The molecule has 1 unspecified atom stereocenters. The number of carbonyl (C=O) groups excluding carboxylic acids is 1.